The van der Waals surface area contributed by atoms with E-state index in [1.54, 1.807) is 17.5 Å². The summed E-state index contributed by atoms with van der Waals surface area (Å²) in [5, 5.41) is 25.7. The molecule has 5 N–H and O–H groups in total. The molecule has 0 spiro atoms. The Morgan fingerprint density at radius 3 is 2.56 bits per heavy atom. The zero-order chi connectivity index (χ0) is 23.5. The van der Waals surface area contributed by atoms with Gasteiger partial charge in [0, 0.05) is 16.5 Å². The number of aliphatic hydroxyl groups is 2. The van der Waals surface area contributed by atoms with Gasteiger partial charge in [-0.2, -0.15) is 0 Å². The van der Waals surface area contributed by atoms with Gasteiger partial charge in [-0.25, -0.2) is 0 Å². The molecular formula is C23H28N2O5S2. The summed E-state index contributed by atoms with van der Waals surface area (Å²) in [4.78, 5) is 14.0. The Kier molecular flexibility index (Phi) is 5.54. The van der Waals surface area contributed by atoms with Gasteiger partial charge in [0.05, 0.1) is 12.0 Å². The zero-order valence-corrected chi connectivity index (χ0v) is 20.1. The minimum atomic E-state index is -3.66. The average molecular weight is 477 g/mol. The predicted molar refractivity (Wildman–Crippen MR) is 129 cm³/mol. The van der Waals surface area contributed by atoms with Crippen molar-refractivity contribution in [1.29, 1.82) is 0 Å². The van der Waals surface area contributed by atoms with Gasteiger partial charge in [0.2, 0.25) is 0 Å². The summed E-state index contributed by atoms with van der Waals surface area (Å²) in [6, 6.07) is 7.26. The van der Waals surface area contributed by atoms with Crippen LogP contribution < -0.4 is 5.32 Å². The number of aliphatic hydroxyl groups excluding tert-OH is 2. The molecule has 1 atom stereocenters. The largest absolute Gasteiger partial charge is 0.506 e. The summed E-state index contributed by atoms with van der Waals surface area (Å²) >= 11 is 1.18. The first-order valence-electron chi connectivity index (χ1n) is 10.3. The molecule has 2 aliphatic rings. The Morgan fingerprint density at radius 1 is 1.22 bits per heavy atom. The second-order valence-corrected chi connectivity index (χ2v) is 12.2. The number of hydrogen-bond donors (Lipinski definition) is 5. The number of anilines is 1. The zero-order valence-electron chi connectivity index (χ0n) is 18.5. The van der Waals surface area contributed by atoms with E-state index in [1.807, 2.05) is 19.1 Å². The normalized spacial score (nSPS) is 23.2. The molecule has 1 aliphatic carbocycles. The van der Waals surface area contributed by atoms with Crippen LogP contribution in [0.15, 0.2) is 44.5 Å². The lowest BCUT2D eigenvalue weighted by atomic mass is 9.65. The lowest BCUT2D eigenvalue weighted by Gasteiger charge is -2.39. The lowest BCUT2D eigenvalue weighted by molar-refractivity contribution is -0.120. The van der Waals surface area contributed by atoms with Gasteiger partial charge in [-0.15, -0.1) is 15.7 Å². The van der Waals surface area contributed by atoms with E-state index < -0.39 is 16.2 Å². The third-order valence-corrected chi connectivity index (χ3v) is 8.59. The smallest absolute Gasteiger partial charge is 0.180 e. The standard InChI is InChI=1S/C23H28N2O5S2/c1-22(2,3)9-10-23(4)15-8-6-5-7-14(15)17(27)16(19(23)28)20-24-21-18(32(29,30)25-20)13(11-26)12-31-21/h5-8,12,26-27,29-30H,9-11H2,1-4H3,(H,24,25)/t23-/m1/s1. The van der Waals surface area contributed by atoms with Gasteiger partial charge in [-0.05, 0) is 30.7 Å². The molecule has 1 aromatic heterocycles. The Labute approximate surface area is 193 Å². The van der Waals surface area contributed by atoms with Crippen molar-refractivity contribution in [2.24, 2.45) is 9.81 Å². The monoisotopic (exact) mass is 476 g/mol. The molecule has 4 rings (SSSR count). The van der Waals surface area contributed by atoms with Crippen LogP contribution in [0.1, 0.15) is 57.2 Å². The van der Waals surface area contributed by atoms with Gasteiger partial charge in [-0.1, -0.05) is 55.8 Å². The fourth-order valence-corrected chi connectivity index (χ4v) is 6.85. The van der Waals surface area contributed by atoms with Gasteiger partial charge in [0.15, 0.2) is 11.6 Å². The predicted octanol–water partition coefficient (Wildman–Crippen LogP) is 5.72. The minimum absolute atomic E-state index is 0.00424. The number of hydrogen-bond acceptors (Lipinski definition) is 8. The highest BCUT2D eigenvalue weighted by Gasteiger charge is 2.47. The molecule has 0 saturated carbocycles. The Balaban J connectivity index is 1.86. The Bertz CT molecular complexity index is 1160. The summed E-state index contributed by atoms with van der Waals surface area (Å²) < 4.78 is 25.5. The fraction of sp³-hybridized carbons (Fsp3) is 0.391. The first kappa shape index (κ1) is 23.0. The highest BCUT2D eigenvalue weighted by atomic mass is 32.3. The van der Waals surface area contributed by atoms with E-state index >= 15 is 0 Å². The van der Waals surface area contributed by atoms with E-state index in [2.05, 4.69) is 30.5 Å². The van der Waals surface area contributed by atoms with Gasteiger partial charge < -0.3 is 15.5 Å². The summed E-state index contributed by atoms with van der Waals surface area (Å²) in [7, 11) is -3.66. The van der Waals surface area contributed by atoms with Crippen LogP contribution in [-0.4, -0.2) is 30.9 Å². The summed E-state index contributed by atoms with van der Waals surface area (Å²) in [6.45, 7) is 7.85. The molecule has 9 heteroatoms. The van der Waals surface area contributed by atoms with Crippen LogP contribution in [0, 0.1) is 5.41 Å². The molecule has 7 nitrogen and oxygen atoms in total. The van der Waals surface area contributed by atoms with Gasteiger partial charge in [0.25, 0.3) is 0 Å². The molecule has 0 amide bonds. The second kappa shape index (κ2) is 7.71. The lowest BCUT2D eigenvalue weighted by Crippen LogP contribution is -2.42. The molecule has 2 heterocycles. The van der Waals surface area contributed by atoms with Crippen LogP contribution in [0.25, 0.3) is 5.76 Å². The second-order valence-electron chi connectivity index (χ2n) is 9.65. The SMILES string of the molecule is CC(C)(C)CC[C@@]1(C)C(=O)C(C2=NS(O)(O)c3c(CO)csc3N2)=C(O)c2ccccc21. The number of ketones is 1. The highest BCUT2D eigenvalue weighted by molar-refractivity contribution is 8.23. The molecule has 0 unspecified atom stereocenters. The van der Waals surface area contributed by atoms with E-state index in [1.165, 1.54) is 11.3 Å². The van der Waals surface area contributed by atoms with Crippen molar-refractivity contribution >= 4 is 44.5 Å². The summed E-state index contributed by atoms with van der Waals surface area (Å²) in [5.41, 5.74) is 0.693. The highest BCUT2D eigenvalue weighted by Crippen LogP contribution is 2.59. The van der Waals surface area contributed by atoms with Gasteiger partial charge in [0.1, 0.15) is 21.2 Å². The van der Waals surface area contributed by atoms with Crippen LogP contribution in [-0.2, 0) is 16.8 Å². The maximum Gasteiger partial charge on any atom is 0.180 e. The van der Waals surface area contributed by atoms with E-state index in [0.29, 0.717) is 22.5 Å². The molecule has 0 saturated heterocycles. The van der Waals surface area contributed by atoms with Crippen molar-refractivity contribution in [3.63, 3.8) is 0 Å². The summed E-state index contributed by atoms with van der Waals surface area (Å²) in [6.07, 6.45) is 1.34. The summed E-state index contributed by atoms with van der Waals surface area (Å²) in [5.74, 6) is -0.618. The third-order valence-electron chi connectivity index (χ3n) is 6.07. The van der Waals surface area contributed by atoms with E-state index in [0.717, 1.165) is 12.0 Å². The van der Waals surface area contributed by atoms with Crippen LogP contribution in [0.4, 0.5) is 5.00 Å². The van der Waals surface area contributed by atoms with Crippen molar-refractivity contribution in [2.45, 2.75) is 57.5 Å². The first-order chi connectivity index (χ1) is 14.9. The first-order valence-corrected chi connectivity index (χ1v) is 12.7. The van der Waals surface area contributed by atoms with Crippen molar-refractivity contribution in [3.05, 3.63) is 51.9 Å². The molecule has 172 valence electrons. The van der Waals surface area contributed by atoms with Crippen LogP contribution in [0.2, 0.25) is 0 Å². The van der Waals surface area contributed by atoms with Gasteiger partial charge in [-0.3, -0.25) is 13.9 Å². The van der Waals surface area contributed by atoms with Crippen molar-refractivity contribution in [2.75, 3.05) is 5.32 Å². The molecule has 0 bridgehead atoms. The number of nitrogens with one attached hydrogen (secondary N) is 1. The molecule has 1 aromatic carbocycles. The van der Waals surface area contributed by atoms with Crippen molar-refractivity contribution < 1.29 is 24.1 Å². The Hall–Kier alpha value is -2.17. The maximum atomic E-state index is 13.9. The molecule has 1 aliphatic heterocycles. The quantitative estimate of drug-likeness (QED) is 0.384. The van der Waals surface area contributed by atoms with E-state index in [9.17, 15) is 24.1 Å². The van der Waals surface area contributed by atoms with Gasteiger partial charge >= 0.3 is 0 Å². The van der Waals surface area contributed by atoms with Crippen LogP contribution >= 0.6 is 22.1 Å². The maximum absolute atomic E-state index is 13.9. The van der Waals surface area contributed by atoms with Crippen LogP contribution in [0.5, 0.6) is 0 Å². The molecule has 0 radical (unpaired) electrons. The average Bonchev–Trinajstić information content (AvgIpc) is 3.14. The number of rotatable bonds is 4. The number of benzene rings is 1. The minimum Gasteiger partial charge on any atom is -0.506 e. The van der Waals surface area contributed by atoms with E-state index in [-0.39, 0.29) is 39.9 Å². The third kappa shape index (κ3) is 3.68. The van der Waals surface area contributed by atoms with Crippen LogP contribution in [0.3, 0.4) is 0 Å². The molecule has 32 heavy (non-hydrogen) atoms. The number of amidine groups is 1. The number of thiophene rings is 1. The van der Waals surface area contributed by atoms with Crippen molar-refractivity contribution in [1.82, 2.24) is 0 Å². The molecular weight excluding hydrogens is 448 g/mol. The number of nitrogens with zero attached hydrogens (tertiary/aromatic N) is 1. The van der Waals surface area contributed by atoms with Crippen molar-refractivity contribution in [3.8, 4) is 0 Å². The topological polar surface area (TPSA) is 122 Å². The Morgan fingerprint density at radius 2 is 1.91 bits per heavy atom. The fourth-order valence-electron chi connectivity index (χ4n) is 4.19. The number of Topliss-reactive ketones (excluding diaryl/α,β-unsaturated/α-hetero) is 1. The van der Waals surface area contributed by atoms with E-state index in [4.69, 9.17) is 0 Å². The molecule has 2 aromatic rings. The number of fused-ring (bicyclic) bond motifs is 2. The number of carbonyl (C=O) groups excluding carboxylic acids is 1. The number of carbonyl (C=O) groups is 1. The molecule has 0 fully saturated rings.